The smallest absolute Gasteiger partial charge is 0.278 e. The van der Waals surface area contributed by atoms with Crippen LogP contribution in [0.25, 0.3) is 0 Å². The average Bonchev–Trinajstić information content (AvgIpc) is 3.02. The van der Waals surface area contributed by atoms with Gasteiger partial charge >= 0.3 is 0 Å². The van der Waals surface area contributed by atoms with Crippen LogP contribution in [0.1, 0.15) is 36.2 Å². The van der Waals surface area contributed by atoms with Crippen molar-refractivity contribution in [3.8, 4) is 5.75 Å². The van der Waals surface area contributed by atoms with E-state index in [9.17, 15) is 4.79 Å². The van der Waals surface area contributed by atoms with Crippen LogP contribution in [0.15, 0.2) is 36.7 Å². The fraction of sp³-hybridized carbons (Fsp3) is 0.312. The minimum absolute atomic E-state index is 0.106. The summed E-state index contributed by atoms with van der Waals surface area (Å²) in [7, 11) is 0. The molecule has 114 valence electrons. The van der Waals surface area contributed by atoms with Crippen LogP contribution in [-0.4, -0.2) is 22.0 Å². The van der Waals surface area contributed by atoms with Gasteiger partial charge in [-0.25, -0.2) is 9.97 Å². The van der Waals surface area contributed by atoms with Crippen molar-refractivity contribution in [1.29, 1.82) is 0 Å². The molecular weight excluding hydrogens is 280 g/mol. The van der Waals surface area contributed by atoms with Crippen molar-refractivity contribution >= 4 is 17.4 Å². The molecule has 22 heavy (non-hydrogen) atoms. The van der Waals surface area contributed by atoms with E-state index in [2.05, 4.69) is 15.3 Å². The van der Waals surface area contributed by atoms with Crippen molar-refractivity contribution in [3.63, 3.8) is 0 Å². The number of amides is 1. The van der Waals surface area contributed by atoms with Crippen LogP contribution < -0.4 is 15.8 Å². The van der Waals surface area contributed by atoms with Gasteiger partial charge in [-0.15, -0.1) is 0 Å². The Hall–Kier alpha value is -2.63. The van der Waals surface area contributed by atoms with Gasteiger partial charge in [-0.3, -0.25) is 4.79 Å². The van der Waals surface area contributed by atoms with Crippen molar-refractivity contribution in [2.45, 2.75) is 31.8 Å². The molecule has 6 nitrogen and oxygen atoms in total. The number of nitrogens with zero attached hydrogens (tertiary/aromatic N) is 2. The Bertz CT molecular complexity index is 669. The van der Waals surface area contributed by atoms with E-state index in [0.717, 1.165) is 12.8 Å². The molecule has 3 N–H and O–H groups in total. The zero-order valence-corrected chi connectivity index (χ0v) is 12.2. The van der Waals surface area contributed by atoms with Crippen LogP contribution in [0.4, 0.5) is 11.5 Å². The van der Waals surface area contributed by atoms with Gasteiger partial charge in [0, 0.05) is 12.4 Å². The summed E-state index contributed by atoms with van der Waals surface area (Å²) >= 11 is 0. The van der Waals surface area contributed by atoms with E-state index in [-0.39, 0.29) is 17.6 Å². The molecule has 1 fully saturated rings. The molecule has 0 unspecified atom stereocenters. The largest absolute Gasteiger partial charge is 0.488 e. The fourth-order valence-electron chi connectivity index (χ4n) is 2.56. The third-order valence-electron chi connectivity index (χ3n) is 3.67. The number of rotatable bonds is 4. The molecule has 6 heteroatoms. The molecule has 1 aliphatic rings. The summed E-state index contributed by atoms with van der Waals surface area (Å²) in [6, 6.07) is 7.39. The Morgan fingerprint density at radius 2 is 1.91 bits per heavy atom. The van der Waals surface area contributed by atoms with Gasteiger partial charge in [-0.05, 0) is 37.8 Å². The second-order valence-electron chi connectivity index (χ2n) is 5.26. The van der Waals surface area contributed by atoms with E-state index in [1.165, 1.54) is 25.2 Å². The molecule has 1 aliphatic carbocycles. The molecule has 1 aromatic heterocycles. The molecule has 0 spiro atoms. The summed E-state index contributed by atoms with van der Waals surface area (Å²) in [5, 5.41) is 2.80. The minimum Gasteiger partial charge on any atom is -0.488 e. The Kier molecular flexibility index (Phi) is 4.18. The Morgan fingerprint density at radius 1 is 1.18 bits per heavy atom. The van der Waals surface area contributed by atoms with Gasteiger partial charge in [0.15, 0.2) is 11.5 Å². The van der Waals surface area contributed by atoms with E-state index in [1.54, 1.807) is 6.07 Å². The topological polar surface area (TPSA) is 90.1 Å². The highest BCUT2D eigenvalue weighted by Gasteiger charge is 2.19. The average molecular weight is 298 g/mol. The number of aromatic nitrogens is 2. The summed E-state index contributed by atoms with van der Waals surface area (Å²) < 4.78 is 5.99. The molecule has 1 saturated carbocycles. The van der Waals surface area contributed by atoms with E-state index in [4.69, 9.17) is 10.5 Å². The van der Waals surface area contributed by atoms with Crippen LogP contribution in [0.3, 0.4) is 0 Å². The lowest BCUT2D eigenvalue weighted by molar-refractivity contribution is 0.102. The summed E-state index contributed by atoms with van der Waals surface area (Å²) in [5.74, 6) is 0.382. The van der Waals surface area contributed by atoms with Gasteiger partial charge in [0.1, 0.15) is 5.75 Å². The summed E-state index contributed by atoms with van der Waals surface area (Å²) in [5.41, 5.74) is 6.40. The maximum Gasteiger partial charge on any atom is 0.278 e. The molecule has 0 radical (unpaired) electrons. The van der Waals surface area contributed by atoms with E-state index < -0.39 is 5.91 Å². The SMILES string of the molecule is Nc1nccnc1C(=O)Nc1ccccc1OC1CCCC1. The van der Waals surface area contributed by atoms with Gasteiger partial charge < -0.3 is 15.8 Å². The number of nitrogens with one attached hydrogen (secondary N) is 1. The van der Waals surface area contributed by atoms with Crippen molar-refractivity contribution in [1.82, 2.24) is 9.97 Å². The first-order valence-electron chi connectivity index (χ1n) is 7.37. The predicted molar refractivity (Wildman–Crippen MR) is 83.7 cm³/mol. The first-order valence-corrected chi connectivity index (χ1v) is 7.37. The van der Waals surface area contributed by atoms with Crippen LogP contribution in [0.2, 0.25) is 0 Å². The van der Waals surface area contributed by atoms with E-state index >= 15 is 0 Å². The Morgan fingerprint density at radius 3 is 2.68 bits per heavy atom. The predicted octanol–water partition coefficient (Wildman–Crippen LogP) is 2.63. The molecule has 1 aromatic carbocycles. The summed E-state index contributed by atoms with van der Waals surface area (Å²) in [6.45, 7) is 0. The first kappa shape index (κ1) is 14.3. The normalized spacial score (nSPS) is 14.7. The van der Waals surface area contributed by atoms with Crippen LogP contribution >= 0.6 is 0 Å². The monoisotopic (exact) mass is 298 g/mol. The third kappa shape index (κ3) is 3.16. The van der Waals surface area contributed by atoms with Crippen LogP contribution in [-0.2, 0) is 0 Å². The number of para-hydroxylation sites is 2. The number of ether oxygens (including phenoxy) is 1. The molecular formula is C16H18N4O2. The number of hydrogen-bond donors (Lipinski definition) is 2. The van der Waals surface area contributed by atoms with E-state index in [0.29, 0.717) is 11.4 Å². The van der Waals surface area contributed by atoms with Crippen LogP contribution in [0, 0.1) is 0 Å². The zero-order chi connectivity index (χ0) is 15.4. The number of nitrogens with two attached hydrogens (primary N) is 1. The molecule has 0 saturated heterocycles. The second kappa shape index (κ2) is 6.43. The van der Waals surface area contributed by atoms with Crippen molar-refractivity contribution in [2.24, 2.45) is 0 Å². The molecule has 1 amide bonds. The van der Waals surface area contributed by atoms with E-state index in [1.807, 2.05) is 18.2 Å². The quantitative estimate of drug-likeness (QED) is 0.905. The second-order valence-corrected chi connectivity index (χ2v) is 5.26. The third-order valence-corrected chi connectivity index (χ3v) is 3.67. The number of benzene rings is 1. The lowest BCUT2D eigenvalue weighted by Gasteiger charge is -2.16. The maximum atomic E-state index is 12.3. The first-order chi connectivity index (χ1) is 10.7. The number of hydrogen-bond acceptors (Lipinski definition) is 5. The maximum absolute atomic E-state index is 12.3. The van der Waals surface area contributed by atoms with Gasteiger partial charge in [0.05, 0.1) is 11.8 Å². The number of anilines is 2. The summed E-state index contributed by atoms with van der Waals surface area (Å²) in [4.78, 5) is 20.1. The van der Waals surface area contributed by atoms with Gasteiger partial charge in [0.25, 0.3) is 5.91 Å². The number of carbonyl (C=O) groups excluding carboxylic acids is 1. The highest BCUT2D eigenvalue weighted by atomic mass is 16.5. The van der Waals surface area contributed by atoms with Crippen molar-refractivity contribution in [2.75, 3.05) is 11.1 Å². The molecule has 0 aliphatic heterocycles. The highest BCUT2D eigenvalue weighted by molar-refractivity contribution is 6.06. The fourth-order valence-corrected chi connectivity index (χ4v) is 2.56. The van der Waals surface area contributed by atoms with Gasteiger partial charge in [0.2, 0.25) is 0 Å². The van der Waals surface area contributed by atoms with Crippen molar-refractivity contribution < 1.29 is 9.53 Å². The highest BCUT2D eigenvalue weighted by Crippen LogP contribution is 2.30. The van der Waals surface area contributed by atoms with Crippen molar-refractivity contribution in [3.05, 3.63) is 42.4 Å². The lowest BCUT2D eigenvalue weighted by atomic mass is 10.2. The molecule has 3 rings (SSSR count). The van der Waals surface area contributed by atoms with Gasteiger partial charge in [-0.1, -0.05) is 12.1 Å². The molecule has 0 atom stereocenters. The Balaban J connectivity index is 1.77. The minimum atomic E-state index is -0.395. The molecule has 1 heterocycles. The standard InChI is InChI=1S/C16H18N4O2/c17-15-14(18-9-10-19-15)16(21)20-12-7-3-4-8-13(12)22-11-5-1-2-6-11/h3-4,7-11H,1-2,5-6H2,(H2,17,19)(H,20,21). The molecule has 0 bridgehead atoms. The Labute approximate surface area is 128 Å². The molecule has 2 aromatic rings. The lowest BCUT2D eigenvalue weighted by Crippen LogP contribution is -2.18. The van der Waals surface area contributed by atoms with Gasteiger partial charge in [-0.2, -0.15) is 0 Å². The zero-order valence-electron chi connectivity index (χ0n) is 12.2. The van der Waals surface area contributed by atoms with Crippen LogP contribution in [0.5, 0.6) is 5.75 Å². The number of nitrogen functional groups attached to an aromatic ring is 1. The summed E-state index contributed by atoms with van der Waals surface area (Å²) in [6.07, 6.45) is 7.60. The number of carbonyl (C=O) groups is 1.